The summed E-state index contributed by atoms with van der Waals surface area (Å²) in [5.41, 5.74) is 0. The van der Waals surface area contributed by atoms with Gasteiger partial charge in [-0.25, -0.2) is 4.98 Å². The largest absolute Gasteiger partial charge is 0.383 e. The van der Waals surface area contributed by atoms with E-state index in [0.29, 0.717) is 12.6 Å². The van der Waals surface area contributed by atoms with E-state index >= 15 is 0 Å². The van der Waals surface area contributed by atoms with Crippen LogP contribution in [0.15, 0.2) is 12.4 Å². The van der Waals surface area contributed by atoms with Gasteiger partial charge in [0.1, 0.15) is 0 Å². The first-order chi connectivity index (χ1) is 7.65. The molecule has 5 nitrogen and oxygen atoms in total. The smallest absolute Gasteiger partial charge is 0.202 e. The van der Waals surface area contributed by atoms with Crippen molar-refractivity contribution in [3.05, 3.63) is 12.4 Å². The van der Waals surface area contributed by atoms with Crippen LogP contribution in [-0.4, -0.2) is 54.8 Å². The molecule has 1 rings (SSSR count). The minimum Gasteiger partial charge on any atom is -0.383 e. The van der Waals surface area contributed by atoms with E-state index in [2.05, 4.69) is 40.8 Å². The van der Waals surface area contributed by atoms with Crippen LogP contribution in [0.2, 0.25) is 0 Å². The summed E-state index contributed by atoms with van der Waals surface area (Å²) in [5, 5.41) is 3.25. The van der Waals surface area contributed by atoms with Crippen LogP contribution in [0.4, 0.5) is 5.95 Å². The number of methoxy groups -OCH3 is 1. The maximum absolute atomic E-state index is 4.99. The summed E-state index contributed by atoms with van der Waals surface area (Å²) >= 11 is 0. The van der Waals surface area contributed by atoms with E-state index in [1.54, 1.807) is 7.11 Å². The number of hydrogen-bond donors (Lipinski definition) is 1. The first-order valence-corrected chi connectivity index (χ1v) is 5.55. The third-order valence-electron chi connectivity index (χ3n) is 2.65. The van der Waals surface area contributed by atoms with E-state index in [1.165, 1.54) is 0 Å². The van der Waals surface area contributed by atoms with Gasteiger partial charge in [0, 0.05) is 38.6 Å². The van der Waals surface area contributed by atoms with Gasteiger partial charge < -0.3 is 19.5 Å². The van der Waals surface area contributed by atoms with Gasteiger partial charge >= 0.3 is 0 Å². The highest BCUT2D eigenvalue weighted by Crippen LogP contribution is 2.06. The summed E-state index contributed by atoms with van der Waals surface area (Å²) in [7, 11) is 5.86. The number of aromatic nitrogens is 2. The van der Waals surface area contributed by atoms with Gasteiger partial charge in [-0.15, -0.1) is 0 Å². The molecule has 0 aliphatic heterocycles. The van der Waals surface area contributed by atoms with E-state index in [1.807, 2.05) is 12.4 Å². The lowest BCUT2D eigenvalue weighted by molar-refractivity contribution is 0.210. The van der Waals surface area contributed by atoms with Gasteiger partial charge in [0.15, 0.2) is 0 Å². The standard InChI is InChI=1S/C11H22N4O/c1-10(14(2)3)9-15-7-5-12-11(15)13-6-8-16-4/h5,7,10H,6,8-9H2,1-4H3,(H,12,13). The van der Waals surface area contributed by atoms with Crippen molar-refractivity contribution in [3.63, 3.8) is 0 Å². The van der Waals surface area contributed by atoms with Gasteiger partial charge in [0.2, 0.25) is 5.95 Å². The van der Waals surface area contributed by atoms with E-state index < -0.39 is 0 Å². The molecule has 1 atom stereocenters. The van der Waals surface area contributed by atoms with Crippen molar-refractivity contribution in [2.24, 2.45) is 0 Å². The van der Waals surface area contributed by atoms with Crippen LogP contribution in [0.1, 0.15) is 6.92 Å². The zero-order valence-corrected chi connectivity index (χ0v) is 10.6. The second-order valence-corrected chi connectivity index (χ2v) is 4.14. The van der Waals surface area contributed by atoms with Gasteiger partial charge in [0.05, 0.1) is 6.61 Å². The Balaban J connectivity index is 2.50. The summed E-state index contributed by atoms with van der Waals surface area (Å²) in [4.78, 5) is 6.47. The molecular weight excluding hydrogens is 204 g/mol. The van der Waals surface area contributed by atoms with Gasteiger partial charge in [0.25, 0.3) is 0 Å². The number of imidazole rings is 1. The molecule has 92 valence electrons. The molecule has 1 aromatic rings. The Morgan fingerprint density at radius 2 is 2.31 bits per heavy atom. The highest BCUT2D eigenvalue weighted by atomic mass is 16.5. The molecule has 1 unspecified atom stereocenters. The molecule has 0 aliphatic carbocycles. The van der Waals surface area contributed by atoms with E-state index in [4.69, 9.17) is 4.74 Å². The van der Waals surface area contributed by atoms with Crippen LogP contribution < -0.4 is 5.32 Å². The average Bonchev–Trinajstić information content (AvgIpc) is 2.66. The second kappa shape index (κ2) is 6.50. The molecule has 0 bridgehead atoms. The summed E-state index contributed by atoms with van der Waals surface area (Å²) < 4.78 is 7.12. The Morgan fingerprint density at radius 1 is 1.56 bits per heavy atom. The van der Waals surface area contributed by atoms with Crippen LogP contribution in [0.5, 0.6) is 0 Å². The number of rotatable bonds is 7. The number of nitrogens with one attached hydrogen (secondary N) is 1. The first kappa shape index (κ1) is 13.0. The number of ether oxygens (including phenoxy) is 1. The van der Waals surface area contributed by atoms with E-state index in [9.17, 15) is 0 Å². The number of nitrogens with zero attached hydrogens (tertiary/aromatic N) is 3. The molecule has 0 radical (unpaired) electrons. The fourth-order valence-electron chi connectivity index (χ4n) is 1.34. The SMILES string of the molecule is COCCNc1nccn1CC(C)N(C)C. The third kappa shape index (κ3) is 3.83. The highest BCUT2D eigenvalue weighted by Gasteiger charge is 2.08. The fourth-order valence-corrected chi connectivity index (χ4v) is 1.34. The van der Waals surface area contributed by atoms with E-state index in [0.717, 1.165) is 19.0 Å². The fraction of sp³-hybridized carbons (Fsp3) is 0.727. The van der Waals surface area contributed by atoms with Crippen molar-refractivity contribution in [2.75, 3.05) is 39.7 Å². The van der Waals surface area contributed by atoms with Crippen molar-refractivity contribution in [1.82, 2.24) is 14.5 Å². The van der Waals surface area contributed by atoms with Gasteiger partial charge in [-0.1, -0.05) is 0 Å². The molecule has 0 aliphatic rings. The number of anilines is 1. The molecule has 0 spiro atoms. The molecule has 1 aromatic heterocycles. The minimum atomic E-state index is 0.483. The lowest BCUT2D eigenvalue weighted by Crippen LogP contribution is -2.29. The predicted octanol–water partition coefficient (Wildman–Crippen LogP) is 0.891. The second-order valence-electron chi connectivity index (χ2n) is 4.14. The van der Waals surface area contributed by atoms with Crippen molar-refractivity contribution in [3.8, 4) is 0 Å². The minimum absolute atomic E-state index is 0.483. The van der Waals surface area contributed by atoms with Crippen LogP contribution in [-0.2, 0) is 11.3 Å². The van der Waals surface area contributed by atoms with Crippen molar-refractivity contribution in [1.29, 1.82) is 0 Å². The topological polar surface area (TPSA) is 42.3 Å². The average molecular weight is 226 g/mol. The lowest BCUT2D eigenvalue weighted by Gasteiger charge is -2.21. The predicted molar refractivity (Wildman–Crippen MR) is 65.7 cm³/mol. The maximum atomic E-state index is 4.99. The van der Waals surface area contributed by atoms with Crippen molar-refractivity contribution >= 4 is 5.95 Å². The van der Waals surface area contributed by atoms with Crippen molar-refractivity contribution in [2.45, 2.75) is 19.5 Å². The lowest BCUT2D eigenvalue weighted by atomic mass is 10.3. The van der Waals surface area contributed by atoms with Crippen LogP contribution in [0.3, 0.4) is 0 Å². The Labute approximate surface area is 97.4 Å². The molecule has 0 amide bonds. The summed E-state index contributed by atoms with van der Waals surface area (Å²) in [6, 6.07) is 0.483. The van der Waals surface area contributed by atoms with Crippen LogP contribution in [0, 0.1) is 0 Å². The molecular formula is C11H22N4O. The normalized spacial score (nSPS) is 13.1. The van der Waals surface area contributed by atoms with Crippen molar-refractivity contribution < 1.29 is 4.74 Å². The molecule has 1 heterocycles. The summed E-state index contributed by atoms with van der Waals surface area (Å²) in [6.45, 7) is 4.60. The zero-order chi connectivity index (χ0) is 12.0. The van der Waals surface area contributed by atoms with Gasteiger partial charge in [-0.3, -0.25) is 0 Å². The molecule has 0 saturated heterocycles. The molecule has 5 heteroatoms. The molecule has 0 fully saturated rings. The van der Waals surface area contributed by atoms with Crippen LogP contribution in [0.25, 0.3) is 0 Å². The Hall–Kier alpha value is -1.07. The molecule has 0 aromatic carbocycles. The van der Waals surface area contributed by atoms with E-state index in [-0.39, 0.29) is 0 Å². The quantitative estimate of drug-likeness (QED) is 0.701. The highest BCUT2D eigenvalue weighted by molar-refractivity contribution is 5.25. The number of hydrogen-bond acceptors (Lipinski definition) is 4. The molecule has 16 heavy (non-hydrogen) atoms. The van der Waals surface area contributed by atoms with Gasteiger partial charge in [-0.05, 0) is 21.0 Å². The van der Waals surface area contributed by atoms with Crippen LogP contribution >= 0.6 is 0 Å². The Kier molecular flexibility index (Phi) is 5.28. The molecule has 0 saturated carbocycles. The monoisotopic (exact) mass is 226 g/mol. The summed E-state index contributed by atoms with van der Waals surface area (Å²) in [5.74, 6) is 0.908. The maximum Gasteiger partial charge on any atom is 0.202 e. The number of likely N-dealkylation sites (N-methyl/N-ethyl adjacent to an activating group) is 1. The Bertz CT molecular complexity index is 298. The zero-order valence-electron chi connectivity index (χ0n) is 10.6. The Morgan fingerprint density at radius 3 is 2.94 bits per heavy atom. The molecule has 1 N–H and O–H groups in total. The third-order valence-corrected chi connectivity index (χ3v) is 2.65. The summed E-state index contributed by atoms with van der Waals surface area (Å²) in [6.07, 6.45) is 3.81. The van der Waals surface area contributed by atoms with Gasteiger partial charge in [-0.2, -0.15) is 0 Å². The first-order valence-electron chi connectivity index (χ1n) is 5.55.